The average Bonchev–Trinajstić information content (AvgIpc) is 2.62. The second-order valence-corrected chi connectivity index (χ2v) is 5.64. The summed E-state index contributed by atoms with van der Waals surface area (Å²) in [5.74, 6) is 0. The van der Waals surface area contributed by atoms with E-state index in [2.05, 4.69) is 20.9 Å². The molecule has 0 bridgehead atoms. The van der Waals surface area contributed by atoms with Crippen molar-refractivity contribution in [3.05, 3.63) is 38.8 Å². The summed E-state index contributed by atoms with van der Waals surface area (Å²) in [6.07, 6.45) is 0.785. The third-order valence-electron chi connectivity index (χ3n) is 2.11. The fraction of sp³-hybridized carbons (Fsp3) is 0.182. The normalized spacial score (nSPS) is 10.7. The van der Waals surface area contributed by atoms with E-state index in [1.54, 1.807) is 11.3 Å². The Bertz CT molecular complexity index is 481. The third-order valence-corrected chi connectivity index (χ3v) is 4.23. The van der Waals surface area contributed by atoms with Crippen LogP contribution < -0.4 is 5.73 Å². The quantitative estimate of drug-likeness (QED) is 0.937. The van der Waals surface area contributed by atoms with Gasteiger partial charge in [0.1, 0.15) is 10.2 Å². The Hall–Kier alpha value is -0.420. The molecule has 0 saturated carbocycles. The summed E-state index contributed by atoms with van der Waals surface area (Å²) >= 11 is 11.0. The van der Waals surface area contributed by atoms with Gasteiger partial charge in [0.15, 0.2) is 0 Å². The minimum atomic E-state index is 0.577. The maximum absolute atomic E-state index is 6.04. The van der Waals surface area contributed by atoms with Crippen LogP contribution in [-0.4, -0.2) is 11.5 Å². The van der Waals surface area contributed by atoms with Crippen molar-refractivity contribution >= 4 is 38.9 Å². The number of rotatable bonds is 3. The molecule has 2 N–H and O–H groups in total. The highest BCUT2D eigenvalue weighted by molar-refractivity contribution is 9.10. The Morgan fingerprint density at radius 3 is 2.62 bits per heavy atom. The van der Waals surface area contributed by atoms with E-state index in [1.807, 2.05) is 24.3 Å². The van der Waals surface area contributed by atoms with Gasteiger partial charge in [-0.3, -0.25) is 0 Å². The molecule has 5 heteroatoms. The standard InChI is InChI=1S/C11H10BrClN2S/c12-8-3-1-7(2-4-8)11-15-10(13)9(16-11)5-6-14/h1-4H,5-6,14H2. The molecule has 0 aliphatic rings. The van der Waals surface area contributed by atoms with Crippen molar-refractivity contribution in [2.24, 2.45) is 5.73 Å². The first-order valence-electron chi connectivity index (χ1n) is 4.82. The van der Waals surface area contributed by atoms with Gasteiger partial charge < -0.3 is 5.73 Å². The van der Waals surface area contributed by atoms with Gasteiger partial charge in [-0.1, -0.05) is 39.7 Å². The molecule has 16 heavy (non-hydrogen) atoms. The largest absolute Gasteiger partial charge is 0.330 e. The van der Waals surface area contributed by atoms with E-state index in [1.165, 1.54) is 0 Å². The van der Waals surface area contributed by atoms with Gasteiger partial charge >= 0.3 is 0 Å². The Kier molecular flexibility index (Phi) is 3.97. The average molecular weight is 318 g/mol. The van der Waals surface area contributed by atoms with Gasteiger partial charge in [0, 0.05) is 14.9 Å². The lowest BCUT2D eigenvalue weighted by atomic mass is 10.2. The highest BCUT2D eigenvalue weighted by Gasteiger charge is 2.09. The minimum absolute atomic E-state index is 0.577. The van der Waals surface area contributed by atoms with Gasteiger partial charge in [0.2, 0.25) is 0 Å². The lowest BCUT2D eigenvalue weighted by Gasteiger charge is -1.95. The van der Waals surface area contributed by atoms with E-state index in [0.717, 1.165) is 26.3 Å². The second kappa shape index (κ2) is 5.27. The Balaban J connectivity index is 2.33. The van der Waals surface area contributed by atoms with Crippen molar-refractivity contribution in [1.29, 1.82) is 0 Å². The van der Waals surface area contributed by atoms with Crippen molar-refractivity contribution in [1.82, 2.24) is 4.98 Å². The summed E-state index contributed by atoms with van der Waals surface area (Å²) in [6, 6.07) is 8.03. The molecule has 0 unspecified atom stereocenters. The zero-order valence-corrected chi connectivity index (χ0v) is 11.6. The van der Waals surface area contributed by atoms with E-state index in [9.17, 15) is 0 Å². The van der Waals surface area contributed by atoms with Crippen LogP contribution in [0.2, 0.25) is 5.15 Å². The number of thiazole rings is 1. The minimum Gasteiger partial charge on any atom is -0.330 e. The molecule has 0 radical (unpaired) electrons. The van der Waals surface area contributed by atoms with Gasteiger partial charge in [0.25, 0.3) is 0 Å². The molecule has 2 aromatic rings. The molecule has 2 rings (SSSR count). The first-order chi connectivity index (χ1) is 7.70. The number of benzene rings is 1. The van der Waals surface area contributed by atoms with Crippen molar-refractivity contribution in [2.45, 2.75) is 6.42 Å². The van der Waals surface area contributed by atoms with E-state index in [0.29, 0.717) is 11.7 Å². The third kappa shape index (κ3) is 2.63. The summed E-state index contributed by atoms with van der Waals surface area (Å²) in [7, 11) is 0. The van der Waals surface area contributed by atoms with Crippen LogP contribution in [0, 0.1) is 0 Å². The van der Waals surface area contributed by atoms with E-state index in [4.69, 9.17) is 17.3 Å². The lowest BCUT2D eigenvalue weighted by Crippen LogP contribution is -2.01. The van der Waals surface area contributed by atoms with Crippen molar-refractivity contribution in [2.75, 3.05) is 6.54 Å². The SMILES string of the molecule is NCCc1sc(-c2ccc(Br)cc2)nc1Cl. The summed E-state index contributed by atoms with van der Waals surface area (Å²) < 4.78 is 1.06. The predicted octanol–water partition coefficient (Wildman–Crippen LogP) is 3.73. The molecule has 0 amide bonds. The zero-order chi connectivity index (χ0) is 11.5. The molecule has 0 aliphatic carbocycles. The molecule has 1 heterocycles. The van der Waals surface area contributed by atoms with Crippen LogP contribution in [0.3, 0.4) is 0 Å². The highest BCUT2D eigenvalue weighted by atomic mass is 79.9. The van der Waals surface area contributed by atoms with E-state index >= 15 is 0 Å². The van der Waals surface area contributed by atoms with Crippen LogP contribution in [0.4, 0.5) is 0 Å². The number of nitrogens with two attached hydrogens (primary N) is 1. The predicted molar refractivity (Wildman–Crippen MR) is 73.0 cm³/mol. The number of hydrogen-bond acceptors (Lipinski definition) is 3. The summed E-state index contributed by atoms with van der Waals surface area (Å²) in [5.41, 5.74) is 6.59. The Labute approximate surface area is 112 Å². The molecule has 0 atom stereocenters. The van der Waals surface area contributed by atoms with Crippen LogP contribution in [0.1, 0.15) is 4.88 Å². The summed E-state index contributed by atoms with van der Waals surface area (Å²) in [5, 5.41) is 1.52. The molecule has 0 spiro atoms. The summed E-state index contributed by atoms with van der Waals surface area (Å²) in [6.45, 7) is 0.599. The lowest BCUT2D eigenvalue weighted by molar-refractivity contribution is 0.984. The van der Waals surface area contributed by atoms with Crippen molar-refractivity contribution < 1.29 is 0 Å². The summed E-state index contributed by atoms with van der Waals surface area (Å²) in [4.78, 5) is 5.40. The maximum Gasteiger partial charge on any atom is 0.143 e. The van der Waals surface area contributed by atoms with Crippen LogP contribution in [-0.2, 0) is 6.42 Å². The number of hydrogen-bond donors (Lipinski definition) is 1. The van der Waals surface area contributed by atoms with Gasteiger partial charge in [0.05, 0.1) is 0 Å². The fourth-order valence-electron chi connectivity index (χ4n) is 1.33. The van der Waals surface area contributed by atoms with Gasteiger partial charge in [-0.25, -0.2) is 4.98 Å². The monoisotopic (exact) mass is 316 g/mol. The molecular weight excluding hydrogens is 308 g/mol. The Morgan fingerprint density at radius 2 is 2.00 bits per heavy atom. The first-order valence-corrected chi connectivity index (χ1v) is 6.80. The maximum atomic E-state index is 6.04. The smallest absolute Gasteiger partial charge is 0.143 e. The van der Waals surface area contributed by atoms with Crippen molar-refractivity contribution in [3.8, 4) is 10.6 Å². The molecule has 0 aliphatic heterocycles. The van der Waals surface area contributed by atoms with Crippen molar-refractivity contribution in [3.63, 3.8) is 0 Å². The van der Waals surface area contributed by atoms with Gasteiger partial charge in [-0.15, -0.1) is 11.3 Å². The number of nitrogens with zero attached hydrogens (tertiary/aromatic N) is 1. The molecule has 0 saturated heterocycles. The number of halogens is 2. The first kappa shape index (κ1) is 12.0. The second-order valence-electron chi connectivity index (χ2n) is 3.28. The number of aromatic nitrogens is 1. The molecule has 84 valence electrons. The fourth-order valence-corrected chi connectivity index (χ4v) is 2.92. The zero-order valence-electron chi connectivity index (χ0n) is 8.41. The van der Waals surface area contributed by atoms with E-state index < -0.39 is 0 Å². The Morgan fingerprint density at radius 1 is 1.31 bits per heavy atom. The highest BCUT2D eigenvalue weighted by Crippen LogP contribution is 2.31. The van der Waals surface area contributed by atoms with Crippen LogP contribution >= 0.6 is 38.9 Å². The molecular formula is C11H10BrClN2S. The van der Waals surface area contributed by atoms with Gasteiger partial charge in [-0.05, 0) is 25.1 Å². The van der Waals surface area contributed by atoms with Crippen LogP contribution in [0.25, 0.3) is 10.6 Å². The van der Waals surface area contributed by atoms with Gasteiger partial charge in [-0.2, -0.15) is 0 Å². The molecule has 2 nitrogen and oxygen atoms in total. The van der Waals surface area contributed by atoms with Crippen LogP contribution in [0.15, 0.2) is 28.7 Å². The molecule has 1 aromatic carbocycles. The molecule has 0 fully saturated rings. The topological polar surface area (TPSA) is 38.9 Å². The van der Waals surface area contributed by atoms with Crippen LogP contribution in [0.5, 0.6) is 0 Å². The van der Waals surface area contributed by atoms with E-state index in [-0.39, 0.29) is 0 Å². The molecule has 1 aromatic heterocycles.